The summed E-state index contributed by atoms with van der Waals surface area (Å²) in [5.74, 6) is 0. The SMILES string of the molecule is c1ccc(C2(c3ccccc3)c3ccccc3-c3ccc(N(c4ccccc4-c4ccc5c6ccccc6n(-c6cccc7c6C(c6ccccc6)(c6ccccc6)c6ccccc6-7)c5c4)c4cccc5ccccc45)cc32)cc1. The minimum Gasteiger partial charge on any atom is -0.309 e. The maximum atomic E-state index is 2.56. The first-order chi connectivity index (χ1) is 39.7. The molecule has 0 bridgehead atoms. The van der Waals surface area contributed by atoms with E-state index in [-0.39, 0.29) is 0 Å². The summed E-state index contributed by atoms with van der Waals surface area (Å²) in [5.41, 5.74) is 23.0. The first-order valence-electron chi connectivity index (χ1n) is 27.8. The molecule has 2 heteroatoms. The Balaban J connectivity index is 0.953. The van der Waals surface area contributed by atoms with E-state index in [2.05, 4.69) is 325 Å². The molecular formula is C78H52N2. The predicted molar refractivity (Wildman–Crippen MR) is 333 cm³/mol. The third-order valence-corrected chi connectivity index (χ3v) is 17.5. The molecule has 0 N–H and O–H groups in total. The van der Waals surface area contributed by atoms with Crippen LogP contribution in [0.2, 0.25) is 0 Å². The zero-order chi connectivity index (χ0) is 52.8. The van der Waals surface area contributed by atoms with Crippen molar-refractivity contribution in [2.24, 2.45) is 0 Å². The predicted octanol–water partition coefficient (Wildman–Crippen LogP) is 19.8. The molecule has 1 heterocycles. The van der Waals surface area contributed by atoms with Gasteiger partial charge in [-0.15, -0.1) is 0 Å². The van der Waals surface area contributed by atoms with Gasteiger partial charge in [0.2, 0.25) is 0 Å². The highest BCUT2D eigenvalue weighted by molar-refractivity contribution is 6.11. The molecule has 16 rings (SSSR count). The van der Waals surface area contributed by atoms with Crippen LogP contribution in [-0.4, -0.2) is 4.57 Å². The Morgan fingerprint density at radius 1 is 0.275 bits per heavy atom. The fourth-order valence-corrected chi connectivity index (χ4v) is 14.4. The van der Waals surface area contributed by atoms with Crippen LogP contribution in [0.1, 0.15) is 44.5 Å². The summed E-state index contributed by atoms with van der Waals surface area (Å²) in [6.45, 7) is 0. The standard InChI is InChI=1S/C78H52N2/c1-5-27-55(28-6-1)77(56-29-7-2-8-30-56)68-41-19-15-37-62(68)64-50-48-59(52-70(64)77)79(72-45-23-26-53-25-13-14-35-60(53)72)71-43-21-17-36-61(71)54-47-49-66-65-39-18-22-44-73(65)80(75(66)51-54)74-46-24-40-67-63-38-16-20-42-69(63)78(76(67)74,57-31-9-3-10-32-57)58-33-11-4-12-34-58/h1-52H. The maximum absolute atomic E-state index is 2.56. The average molecular weight is 1020 g/mol. The van der Waals surface area contributed by atoms with Crippen molar-refractivity contribution < 1.29 is 0 Å². The molecule has 374 valence electrons. The molecule has 14 aromatic rings. The van der Waals surface area contributed by atoms with Crippen molar-refractivity contribution in [3.8, 4) is 39.1 Å². The van der Waals surface area contributed by atoms with Crippen molar-refractivity contribution in [1.82, 2.24) is 4.57 Å². The molecule has 0 spiro atoms. The number of fused-ring (bicyclic) bond motifs is 10. The maximum Gasteiger partial charge on any atom is 0.0734 e. The zero-order valence-corrected chi connectivity index (χ0v) is 43.9. The van der Waals surface area contributed by atoms with E-state index >= 15 is 0 Å². The largest absolute Gasteiger partial charge is 0.309 e. The highest BCUT2D eigenvalue weighted by Crippen LogP contribution is 2.60. The highest BCUT2D eigenvalue weighted by atomic mass is 15.1. The highest BCUT2D eigenvalue weighted by Gasteiger charge is 2.49. The number of hydrogen-bond acceptors (Lipinski definition) is 1. The normalized spacial score (nSPS) is 13.4. The number of para-hydroxylation sites is 2. The summed E-state index contributed by atoms with van der Waals surface area (Å²) in [6.07, 6.45) is 0. The number of anilines is 3. The van der Waals surface area contributed by atoms with Crippen LogP contribution in [0.25, 0.3) is 71.6 Å². The zero-order valence-electron chi connectivity index (χ0n) is 43.9. The Kier molecular flexibility index (Phi) is 10.4. The van der Waals surface area contributed by atoms with Crippen molar-refractivity contribution in [1.29, 1.82) is 0 Å². The van der Waals surface area contributed by atoms with Crippen LogP contribution < -0.4 is 4.90 Å². The van der Waals surface area contributed by atoms with Gasteiger partial charge in [0.05, 0.1) is 38.9 Å². The second kappa shape index (κ2) is 18.2. The Morgan fingerprint density at radius 2 is 0.750 bits per heavy atom. The van der Waals surface area contributed by atoms with Crippen LogP contribution in [0.4, 0.5) is 17.1 Å². The van der Waals surface area contributed by atoms with E-state index in [4.69, 9.17) is 0 Å². The molecule has 2 aliphatic rings. The average Bonchev–Trinajstić information content (AvgIpc) is 4.35. The Labute approximate surface area is 466 Å². The van der Waals surface area contributed by atoms with E-state index < -0.39 is 10.8 Å². The first-order valence-corrected chi connectivity index (χ1v) is 27.8. The second-order valence-electron chi connectivity index (χ2n) is 21.4. The molecule has 2 nitrogen and oxygen atoms in total. The fraction of sp³-hybridized carbons (Fsp3) is 0.0256. The lowest BCUT2D eigenvalue weighted by Crippen LogP contribution is -2.29. The monoisotopic (exact) mass is 1020 g/mol. The van der Waals surface area contributed by atoms with Crippen LogP contribution in [0.15, 0.2) is 315 Å². The summed E-state index contributed by atoms with van der Waals surface area (Å²) < 4.78 is 2.56. The van der Waals surface area contributed by atoms with Crippen LogP contribution in [-0.2, 0) is 10.8 Å². The topological polar surface area (TPSA) is 8.17 Å². The van der Waals surface area contributed by atoms with E-state index in [0.29, 0.717) is 0 Å². The minimum absolute atomic E-state index is 0.565. The molecule has 2 aliphatic carbocycles. The third kappa shape index (κ3) is 6.54. The number of hydrogen-bond donors (Lipinski definition) is 0. The lowest BCUT2D eigenvalue weighted by molar-refractivity contribution is 0.762. The van der Waals surface area contributed by atoms with Crippen molar-refractivity contribution in [2.75, 3.05) is 4.90 Å². The van der Waals surface area contributed by atoms with E-state index in [0.717, 1.165) is 33.7 Å². The minimum atomic E-state index is -0.595. The first kappa shape index (κ1) is 45.9. The second-order valence-corrected chi connectivity index (χ2v) is 21.4. The summed E-state index contributed by atoms with van der Waals surface area (Å²) in [5, 5.41) is 4.80. The lowest BCUT2D eigenvalue weighted by Gasteiger charge is -2.35. The molecule has 0 saturated heterocycles. The van der Waals surface area contributed by atoms with Crippen molar-refractivity contribution >= 4 is 49.6 Å². The number of aromatic nitrogens is 1. The van der Waals surface area contributed by atoms with Crippen LogP contribution in [0.3, 0.4) is 0 Å². The van der Waals surface area contributed by atoms with Gasteiger partial charge >= 0.3 is 0 Å². The van der Waals surface area contributed by atoms with E-state index in [1.54, 1.807) is 0 Å². The van der Waals surface area contributed by atoms with Gasteiger partial charge < -0.3 is 9.47 Å². The summed E-state index contributed by atoms with van der Waals surface area (Å²) in [7, 11) is 0. The lowest BCUT2D eigenvalue weighted by atomic mass is 9.67. The summed E-state index contributed by atoms with van der Waals surface area (Å²) in [6, 6.07) is 118. The molecule has 0 aliphatic heterocycles. The van der Waals surface area contributed by atoms with Crippen LogP contribution in [0.5, 0.6) is 0 Å². The van der Waals surface area contributed by atoms with Gasteiger partial charge in [-0.25, -0.2) is 0 Å². The Morgan fingerprint density at radius 3 is 1.44 bits per heavy atom. The fourth-order valence-electron chi connectivity index (χ4n) is 14.4. The Hall–Kier alpha value is -10.3. The Bertz CT molecular complexity index is 4620. The van der Waals surface area contributed by atoms with Crippen molar-refractivity contribution in [3.05, 3.63) is 360 Å². The van der Waals surface area contributed by atoms with E-state index in [1.165, 1.54) is 99.5 Å². The molecule has 0 fully saturated rings. The molecule has 13 aromatic carbocycles. The van der Waals surface area contributed by atoms with Gasteiger partial charge in [-0.1, -0.05) is 273 Å². The molecular weight excluding hydrogens is 965 g/mol. The van der Waals surface area contributed by atoms with Gasteiger partial charge in [0.1, 0.15) is 0 Å². The van der Waals surface area contributed by atoms with Crippen LogP contribution >= 0.6 is 0 Å². The molecule has 80 heavy (non-hydrogen) atoms. The third-order valence-electron chi connectivity index (χ3n) is 17.5. The molecule has 0 unspecified atom stereocenters. The summed E-state index contributed by atoms with van der Waals surface area (Å²) >= 11 is 0. The molecule has 0 atom stereocenters. The smallest absolute Gasteiger partial charge is 0.0734 e. The number of nitrogens with zero attached hydrogens (tertiary/aromatic N) is 2. The molecule has 0 saturated carbocycles. The molecule has 0 amide bonds. The van der Waals surface area contributed by atoms with Crippen LogP contribution in [0, 0.1) is 0 Å². The van der Waals surface area contributed by atoms with Crippen molar-refractivity contribution in [3.63, 3.8) is 0 Å². The number of rotatable bonds is 9. The molecule has 0 radical (unpaired) electrons. The van der Waals surface area contributed by atoms with E-state index in [9.17, 15) is 0 Å². The quantitative estimate of drug-likeness (QED) is 0.140. The van der Waals surface area contributed by atoms with Crippen molar-refractivity contribution in [2.45, 2.75) is 10.8 Å². The van der Waals surface area contributed by atoms with Gasteiger partial charge in [-0.05, 0) is 115 Å². The number of benzene rings is 13. The van der Waals surface area contributed by atoms with Gasteiger partial charge in [0.25, 0.3) is 0 Å². The van der Waals surface area contributed by atoms with Gasteiger partial charge in [-0.3, -0.25) is 0 Å². The van der Waals surface area contributed by atoms with Gasteiger partial charge in [0, 0.05) is 33.0 Å². The van der Waals surface area contributed by atoms with Gasteiger partial charge in [-0.2, -0.15) is 0 Å². The summed E-state index contributed by atoms with van der Waals surface area (Å²) in [4.78, 5) is 2.52. The van der Waals surface area contributed by atoms with E-state index in [1.807, 2.05) is 0 Å². The molecule has 1 aromatic heterocycles. The van der Waals surface area contributed by atoms with Gasteiger partial charge in [0.15, 0.2) is 0 Å².